The summed E-state index contributed by atoms with van der Waals surface area (Å²) in [7, 11) is -3.35. The van der Waals surface area contributed by atoms with Gasteiger partial charge in [0.25, 0.3) is 0 Å². The van der Waals surface area contributed by atoms with Crippen molar-refractivity contribution in [1.29, 1.82) is 0 Å². The number of nitro benzene ring substituents is 1. The Morgan fingerprint density at radius 3 is 2.48 bits per heavy atom. The van der Waals surface area contributed by atoms with Crippen molar-refractivity contribution in [2.24, 2.45) is 0 Å². The number of nitro groups is 1. The number of rotatable bonds is 4. The molecule has 1 aromatic carbocycles. The zero-order valence-electron chi connectivity index (χ0n) is 11.3. The number of sulfone groups is 1. The van der Waals surface area contributed by atoms with Gasteiger partial charge in [-0.25, -0.2) is 13.4 Å². The second-order valence-corrected chi connectivity index (χ2v) is 6.45. The predicted molar refractivity (Wildman–Crippen MR) is 75.3 cm³/mol. The molecule has 0 fully saturated rings. The first kappa shape index (κ1) is 14.9. The topological polar surface area (TPSA) is 99.4 Å². The minimum atomic E-state index is -3.35. The van der Waals surface area contributed by atoms with E-state index in [1.165, 1.54) is 24.3 Å². The van der Waals surface area contributed by atoms with Crippen LogP contribution in [0.3, 0.4) is 0 Å². The average molecular weight is 308 g/mol. The van der Waals surface area contributed by atoms with Gasteiger partial charge in [0.2, 0.25) is 11.6 Å². The van der Waals surface area contributed by atoms with Crippen molar-refractivity contribution in [3.63, 3.8) is 0 Å². The summed E-state index contributed by atoms with van der Waals surface area (Å²) in [6.45, 7) is 1.77. The monoisotopic (exact) mass is 308 g/mol. The summed E-state index contributed by atoms with van der Waals surface area (Å²) in [6, 6.07) is 7.15. The molecular formula is C13H12N2O5S. The Hall–Kier alpha value is -2.48. The SMILES string of the molecule is Cc1ccc([N+](=O)[O-])c(Oc2ccc(S(C)(=O)=O)cn2)c1. The van der Waals surface area contributed by atoms with Gasteiger partial charge in [-0.2, -0.15) is 0 Å². The summed E-state index contributed by atoms with van der Waals surface area (Å²) in [5.74, 6) is 0.135. The van der Waals surface area contributed by atoms with Crippen molar-refractivity contribution < 1.29 is 18.1 Å². The Balaban J connectivity index is 2.34. The Morgan fingerprint density at radius 1 is 1.24 bits per heavy atom. The molecule has 0 radical (unpaired) electrons. The van der Waals surface area contributed by atoms with Crippen molar-refractivity contribution in [1.82, 2.24) is 4.98 Å². The van der Waals surface area contributed by atoms with Crippen molar-refractivity contribution in [3.8, 4) is 11.6 Å². The van der Waals surface area contributed by atoms with E-state index in [1.807, 2.05) is 0 Å². The molecular weight excluding hydrogens is 296 g/mol. The second-order valence-electron chi connectivity index (χ2n) is 4.43. The summed E-state index contributed by atoms with van der Waals surface area (Å²) < 4.78 is 28.0. The van der Waals surface area contributed by atoms with Crippen LogP contribution < -0.4 is 4.74 Å². The molecule has 0 aliphatic carbocycles. The van der Waals surface area contributed by atoms with E-state index >= 15 is 0 Å². The normalized spacial score (nSPS) is 11.1. The van der Waals surface area contributed by atoms with Crippen LogP contribution in [-0.4, -0.2) is 24.6 Å². The van der Waals surface area contributed by atoms with Crippen molar-refractivity contribution in [3.05, 3.63) is 52.2 Å². The Bertz CT molecular complexity index is 785. The molecule has 0 bridgehead atoms. The van der Waals surface area contributed by atoms with E-state index < -0.39 is 14.8 Å². The van der Waals surface area contributed by atoms with Crippen molar-refractivity contribution >= 4 is 15.5 Å². The largest absolute Gasteiger partial charge is 0.432 e. The van der Waals surface area contributed by atoms with Gasteiger partial charge >= 0.3 is 5.69 Å². The quantitative estimate of drug-likeness (QED) is 0.635. The summed E-state index contributed by atoms with van der Waals surface area (Å²) >= 11 is 0. The summed E-state index contributed by atoms with van der Waals surface area (Å²) in [4.78, 5) is 14.3. The number of aromatic nitrogens is 1. The first-order chi connectivity index (χ1) is 9.77. The van der Waals surface area contributed by atoms with Crippen molar-refractivity contribution in [2.45, 2.75) is 11.8 Å². The van der Waals surface area contributed by atoms with Crippen LogP contribution in [0.2, 0.25) is 0 Å². The fourth-order valence-corrected chi connectivity index (χ4v) is 2.17. The molecule has 0 saturated carbocycles. The smallest absolute Gasteiger partial charge is 0.311 e. The molecule has 0 saturated heterocycles. The molecule has 2 aromatic rings. The van der Waals surface area contributed by atoms with Gasteiger partial charge in [-0.3, -0.25) is 10.1 Å². The van der Waals surface area contributed by atoms with Gasteiger partial charge in [-0.1, -0.05) is 6.07 Å². The highest BCUT2D eigenvalue weighted by atomic mass is 32.2. The molecule has 21 heavy (non-hydrogen) atoms. The number of nitrogens with zero attached hydrogens (tertiary/aromatic N) is 2. The number of pyridine rings is 1. The van der Waals surface area contributed by atoms with Crippen LogP contribution in [0.15, 0.2) is 41.4 Å². The standard InChI is InChI=1S/C13H12N2O5S/c1-9-3-5-11(15(16)17)12(7-9)20-13-6-4-10(8-14-13)21(2,18)19/h3-8H,1-2H3. The lowest BCUT2D eigenvalue weighted by atomic mass is 10.2. The number of ether oxygens (including phenoxy) is 1. The van der Waals surface area contributed by atoms with Gasteiger partial charge in [0.1, 0.15) is 0 Å². The number of hydrogen-bond acceptors (Lipinski definition) is 6. The fraction of sp³-hybridized carbons (Fsp3) is 0.154. The summed E-state index contributed by atoms with van der Waals surface area (Å²) in [6.07, 6.45) is 2.21. The van der Waals surface area contributed by atoms with E-state index in [9.17, 15) is 18.5 Å². The Morgan fingerprint density at radius 2 is 1.95 bits per heavy atom. The molecule has 1 heterocycles. The predicted octanol–water partition coefficient (Wildman–Crippen LogP) is 2.49. The van der Waals surface area contributed by atoms with Gasteiger partial charge in [0, 0.05) is 24.6 Å². The van der Waals surface area contributed by atoms with E-state index in [1.54, 1.807) is 13.0 Å². The third kappa shape index (κ3) is 3.54. The summed E-state index contributed by atoms with van der Waals surface area (Å²) in [5.41, 5.74) is 0.609. The summed E-state index contributed by atoms with van der Waals surface area (Å²) in [5, 5.41) is 10.9. The molecule has 7 nitrogen and oxygen atoms in total. The molecule has 0 spiro atoms. The molecule has 0 unspecified atom stereocenters. The van der Waals surface area contributed by atoms with Crippen LogP contribution in [0.4, 0.5) is 5.69 Å². The zero-order chi connectivity index (χ0) is 15.6. The maximum atomic E-state index is 11.3. The molecule has 1 aromatic heterocycles. The van der Waals surface area contributed by atoms with Crippen LogP contribution in [0.25, 0.3) is 0 Å². The molecule has 0 N–H and O–H groups in total. The number of hydrogen-bond donors (Lipinski definition) is 0. The average Bonchev–Trinajstić information content (AvgIpc) is 2.38. The van der Waals surface area contributed by atoms with Crippen LogP contribution in [0.1, 0.15) is 5.56 Å². The van der Waals surface area contributed by atoms with E-state index in [4.69, 9.17) is 4.74 Å². The third-order valence-electron chi connectivity index (χ3n) is 2.66. The third-order valence-corrected chi connectivity index (χ3v) is 3.76. The van der Waals surface area contributed by atoms with Crippen molar-refractivity contribution in [2.75, 3.05) is 6.26 Å². The maximum Gasteiger partial charge on any atom is 0.311 e. The van der Waals surface area contributed by atoms with Crippen LogP contribution in [0.5, 0.6) is 11.6 Å². The highest BCUT2D eigenvalue weighted by molar-refractivity contribution is 7.90. The van der Waals surface area contributed by atoms with E-state index in [2.05, 4.69) is 4.98 Å². The van der Waals surface area contributed by atoms with Gasteiger partial charge in [0.05, 0.1) is 9.82 Å². The Kier molecular flexibility index (Phi) is 3.90. The van der Waals surface area contributed by atoms with Gasteiger partial charge in [-0.05, 0) is 24.6 Å². The molecule has 0 atom stereocenters. The number of aryl methyl sites for hydroxylation is 1. The van der Waals surface area contributed by atoms with Crippen LogP contribution >= 0.6 is 0 Å². The highest BCUT2D eigenvalue weighted by Gasteiger charge is 2.16. The van der Waals surface area contributed by atoms with E-state index in [0.29, 0.717) is 0 Å². The maximum absolute atomic E-state index is 11.3. The molecule has 8 heteroatoms. The number of benzene rings is 1. The molecule has 0 aliphatic rings. The van der Waals surface area contributed by atoms with Crippen LogP contribution in [0, 0.1) is 17.0 Å². The minimum absolute atomic E-state index is 0.0496. The lowest BCUT2D eigenvalue weighted by Crippen LogP contribution is -1.99. The zero-order valence-corrected chi connectivity index (χ0v) is 12.1. The minimum Gasteiger partial charge on any atom is -0.432 e. The van der Waals surface area contributed by atoms with Crippen LogP contribution in [-0.2, 0) is 9.84 Å². The Labute approximate surface area is 121 Å². The van der Waals surface area contributed by atoms with Gasteiger partial charge in [0.15, 0.2) is 9.84 Å². The first-order valence-corrected chi connectivity index (χ1v) is 7.75. The first-order valence-electron chi connectivity index (χ1n) is 5.86. The lowest BCUT2D eigenvalue weighted by molar-refractivity contribution is -0.385. The highest BCUT2D eigenvalue weighted by Crippen LogP contribution is 2.31. The van der Waals surface area contributed by atoms with E-state index in [-0.39, 0.29) is 22.2 Å². The second kappa shape index (κ2) is 5.49. The molecule has 2 rings (SSSR count). The van der Waals surface area contributed by atoms with E-state index in [0.717, 1.165) is 18.0 Å². The fourth-order valence-electron chi connectivity index (χ4n) is 1.61. The van der Waals surface area contributed by atoms with Gasteiger partial charge in [-0.15, -0.1) is 0 Å². The molecule has 0 aliphatic heterocycles. The van der Waals surface area contributed by atoms with Gasteiger partial charge < -0.3 is 4.74 Å². The molecule has 110 valence electrons. The molecule has 0 amide bonds. The lowest BCUT2D eigenvalue weighted by Gasteiger charge is -2.06.